The van der Waals surface area contributed by atoms with Gasteiger partial charge in [0.1, 0.15) is 11.2 Å². The van der Waals surface area contributed by atoms with Gasteiger partial charge in [0.2, 0.25) is 0 Å². The van der Waals surface area contributed by atoms with E-state index in [9.17, 15) is 10.2 Å². The molecule has 0 aromatic carbocycles. The van der Waals surface area contributed by atoms with Crippen LogP contribution >= 0.6 is 0 Å². The smallest absolute Gasteiger partial charge is 0.115 e. The first-order valence-corrected chi connectivity index (χ1v) is 3.73. The second-order valence-electron chi connectivity index (χ2n) is 2.89. The summed E-state index contributed by atoms with van der Waals surface area (Å²) in [5, 5.41) is 19.2. The monoisotopic (exact) mass is 142 g/mol. The van der Waals surface area contributed by atoms with Crippen molar-refractivity contribution in [3.63, 3.8) is 0 Å². The van der Waals surface area contributed by atoms with Crippen LogP contribution in [0.15, 0.2) is 12.2 Å². The molecule has 2 unspecified atom stereocenters. The Balaban J connectivity index is 2.77. The normalized spacial score (nSPS) is 45.2. The van der Waals surface area contributed by atoms with E-state index in [0.717, 1.165) is 0 Å². The summed E-state index contributed by atoms with van der Waals surface area (Å²) >= 11 is 0. The molecule has 1 rings (SSSR count). The van der Waals surface area contributed by atoms with Crippen LogP contribution < -0.4 is 0 Å². The Morgan fingerprint density at radius 3 is 1.40 bits per heavy atom. The topological polar surface area (TPSA) is 40.5 Å². The van der Waals surface area contributed by atoms with Crippen LogP contribution in [0, 0.1) is 0 Å². The molecule has 2 heteroatoms. The lowest BCUT2D eigenvalue weighted by Gasteiger charge is -2.45. The molecule has 0 fully saturated rings. The average molecular weight is 142 g/mol. The van der Waals surface area contributed by atoms with Gasteiger partial charge in [0.15, 0.2) is 0 Å². The molecule has 10 heavy (non-hydrogen) atoms. The van der Waals surface area contributed by atoms with Crippen molar-refractivity contribution in [1.82, 2.24) is 0 Å². The first kappa shape index (κ1) is 7.76. The fourth-order valence-electron chi connectivity index (χ4n) is 1.32. The van der Waals surface area contributed by atoms with E-state index in [0.29, 0.717) is 12.8 Å². The maximum absolute atomic E-state index is 9.60. The second kappa shape index (κ2) is 2.07. The Bertz CT molecular complexity index is 147. The molecule has 0 aromatic heterocycles. The molecule has 0 aromatic rings. The van der Waals surface area contributed by atoms with Crippen LogP contribution in [0.2, 0.25) is 0 Å². The minimum atomic E-state index is -0.957. The van der Waals surface area contributed by atoms with Gasteiger partial charge in [-0.2, -0.15) is 0 Å². The molecule has 0 saturated carbocycles. The van der Waals surface area contributed by atoms with E-state index in [2.05, 4.69) is 0 Å². The summed E-state index contributed by atoms with van der Waals surface area (Å²) in [4.78, 5) is 0. The lowest BCUT2D eigenvalue weighted by molar-refractivity contribution is -0.118. The van der Waals surface area contributed by atoms with Crippen molar-refractivity contribution in [3.8, 4) is 0 Å². The highest BCUT2D eigenvalue weighted by molar-refractivity contribution is 5.30. The molecule has 0 bridgehead atoms. The highest BCUT2D eigenvalue weighted by atomic mass is 16.4. The molecular formula is C8H14O2. The SMILES string of the molecule is CCC1(O)C=CC1(O)CC. The number of hydrogen-bond donors (Lipinski definition) is 2. The zero-order valence-electron chi connectivity index (χ0n) is 6.46. The average Bonchev–Trinajstić information content (AvgIpc) is 1.99. The summed E-state index contributed by atoms with van der Waals surface area (Å²) in [5.74, 6) is 0. The first-order chi connectivity index (χ1) is 4.58. The van der Waals surface area contributed by atoms with Gasteiger partial charge >= 0.3 is 0 Å². The quantitative estimate of drug-likeness (QED) is 0.561. The van der Waals surface area contributed by atoms with Crippen LogP contribution in [0.1, 0.15) is 26.7 Å². The van der Waals surface area contributed by atoms with Gasteiger partial charge in [-0.3, -0.25) is 0 Å². The number of aliphatic hydroxyl groups is 2. The fourth-order valence-corrected chi connectivity index (χ4v) is 1.32. The minimum absolute atomic E-state index is 0.577. The molecule has 0 spiro atoms. The van der Waals surface area contributed by atoms with Crippen molar-refractivity contribution in [1.29, 1.82) is 0 Å². The van der Waals surface area contributed by atoms with Gasteiger partial charge in [-0.1, -0.05) is 26.0 Å². The Kier molecular flexibility index (Phi) is 1.61. The Hall–Kier alpha value is -0.340. The zero-order valence-corrected chi connectivity index (χ0v) is 6.46. The third-order valence-electron chi connectivity index (χ3n) is 2.46. The van der Waals surface area contributed by atoms with E-state index in [1.165, 1.54) is 0 Å². The summed E-state index contributed by atoms with van der Waals surface area (Å²) in [6.45, 7) is 3.73. The van der Waals surface area contributed by atoms with Gasteiger partial charge in [-0.25, -0.2) is 0 Å². The molecule has 0 aliphatic heterocycles. The second-order valence-corrected chi connectivity index (χ2v) is 2.89. The minimum Gasteiger partial charge on any atom is -0.382 e. The highest BCUT2D eigenvalue weighted by Crippen LogP contribution is 2.39. The van der Waals surface area contributed by atoms with E-state index < -0.39 is 11.2 Å². The lowest BCUT2D eigenvalue weighted by Crippen LogP contribution is -2.57. The summed E-state index contributed by atoms with van der Waals surface area (Å²) in [6, 6.07) is 0. The van der Waals surface area contributed by atoms with Gasteiger partial charge in [-0.15, -0.1) is 0 Å². The molecule has 1 aliphatic carbocycles. The van der Waals surface area contributed by atoms with Gasteiger partial charge in [-0.05, 0) is 12.8 Å². The van der Waals surface area contributed by atoms with Crippen LogP contribution in [0.4, 0.5) is 0 Å². The van der Waals surface area contributed by atoms with Gasteiger partial charge in [0.25, 0.3) is 0 Å². The molecule has 2 N–H and O–H groups in total. The fraction of sp³-hybridized carbons (Fsp3) is 0.750. The molecule has 0 saturated heterocycles. The molecule has 0 heterocycles. The van der Waals surface area contributed by atoms with Gasteiger partial charge < -0.3 is 10.2 Å². The maximum atomic E-state index is 9.60. The molecule has 2 atom stereocenters. The van der Waals surface area contributed by atoms with E-state index in [1.807, 2.05) is 13.8 Å². The van der Waals surface area contributed by atoms with Gasteiger partial charge in [0, 0.05) is 0 Å². The molecule has 2 nitrogen and oxygen atoms in total. The summed E-state index contributed by atoms with van der Waals surface area (Å²) in [7, 11) is 0. The Labute approximate surface area is 61.2 Å². The summed E-state index contributed by atoms with van der Waals surface area (Å²) in [6.07, 6.45) is 4.48. The zero-order chi connectivity index (χ0) is 7.83. The van der Waals surface area contributed by atoms with Gasteiger partial charge in [0.05, 0.1) is 0 Å². The predicted octanol–water partition coefficient (Wildman–Crippen LogP) is 0.838. The van der Waals surface area contributed by atoms with Crippen molar-refractivity contribution in [2.45, 2.75) is 37.9 Å². The van der Waals surface area contributed by atoms with Crippen LogP contribution in [-0.4, -0.2) is 21.4 Å². The Morgan fingerprint density at radius 2 is 1.30 bits per heavy atom. The Morgan fingerprint density at radius 1 is 1.00 bits per heavy atom. The molecule has 0 amide bonds. The summed E-state index contributed by atoms with van der Waals surface area (Å²) < 4.78 is 0. The van der Waals surface area contributed by atoms with E-state index in [4.69, 9.17) is 0 Å². The molecular weight excluding hydrogens is 128 g/mol. The van der Waals surface area contributed by atoms with Crippen molar-refractivity contribution < 1.29 is 10.2 Å². The number of rotatable bonds is 2. The standard InChI is InChI=1S/C8H14O2/c1-3-7(9)5-6-8(7,10)4-2/h5-6,9-10H,3-4H2,1-2H3. The third kappa shape index (κ3) is 0.724. The van der Waals surface area contributed by atoms with Crippen molar-refractivity contribution in [3.05, 3.63) is 12.2 Å². The molecule has 1 aliphatic rings. The molecule has 0 radical (unpaired) electrons. The van der Waals surface area contributed by atoms with E-state index in [1.54, 1.807) is 12.2 Å². The lowest BCUT2D eigenvalue weighted by atomic mass is 9.70. The van der Waals surface area contributed by atoms with Crippen molar-refractivity contribution >= 4 is 0 Å². The maximum Gasteiger partial charge on any atom is 0.115 e. The summed E-state index contributed by atoms with van der Waals surface area (Å²) in [5.41, 5.74) is -1.91. The third-order valence-corrected chi connectivity index (χ3v) is 2.46. The van der Waals surface area contributed by atoms with Crippen molar-refractivity contribution in [2.75, 3.05) is 0 Å². The van der Waals surface area contributed by atoms with Crippen LogP contribution in [0.5, 0.6) is 0 Å². The number of hydrogen-bond acceptors (Lipinski definition) is 2. The first-order valence-electron chi connectivity index (χ1n) is 3.73. The largest absolute Gasteiger partial charge is 0.382 e. The van der Waals surface area contributed by atoms with E-state index in [-0.39, 0.29) is 0 Å². The van der Waals surface area contributed by atoms with Crippen molar-refractivity contribution in [2.24, 2.45) is 0 Å². The van der Waals surface area contributed by atoms with Crippen LogP contribution in [0.3, 0.4) is 0 Å². The highest BCUT2D eigenvalue weighted by Gasteiger charge is 2.49. The van der Waals surface area contributed by atoms with E-state index >= 15 is 0 Å². The predicted molar refractivity (Wildman–Crippen MR) is 39.6 cm³/mol. The van der Waals surface area contributed by atoms with Crippen LogP contribution in [0.25, 0.3) is 0 Å². The molecule has 58 valence electrons. The van der Waals surface area contributed by atoms with Crippen LogP contribution in [-0.2, 0) is 0 Å².